The number of likely N-dealkylation sites (N-methyl/N-ethyl adjacent to an activating group) is 1. The summed E-state index contributed by atoms with van der Waals surface area (Å²) in [5.74, 6) is 0.456. The van der Waals surface area contributed by atoms with Gasteiger partial charge < -0.3 is 14.2 Å². The summed E-state index contributed by atoms with van der Waals surface area (Å²) in [6, 6.07) is 9.37. The molecule has 2 aliphatic heterocycles. The number of benzene rings is 1. The average molecular weight is 355 g/mol. The van der Waals surface area contributed by atoms with Gasteiger partial charge in [-0.3, -0.25) is 14.5 Å². The molecular weight excluding hydrogens is 330 g/mol. The maximum absolute atomic E-state index is 13.1. The summed E-state index contributed by atoms with van der Waals surface area (Å²) in [6.07, 6.45) is 0. The standard InChI is InChI=1S/C20H25N3O3/c1-14-7-19(24)17-5-3-4-6-18(17)23(14)11-20(25)22-9-15-8-21(2)16(10-22)13-26-12-15/h3-7,15-16H,8-13H2,1-2H3/t15-,16+/m1/s1. The van der Waals surface area contributed by atoms with Crippen molar-refractivity contribution in [1.29, 1.82) is 0 Å². The van der Waals surface area contributed by atoms with Crippen LogP contribution in [0.5, 0.6) is 0 Å². The molecule has 1 amide bonds. The highest BCUT2D eigenvalue weighted by molar-refractivity contribution is 5.82. The fourth-order valence-electron chi connectivity index (χ4n) is 4.15. The van der Waals surface area contributed by atoms with Gasteiger partial charge in [-0.15, -0.1) is 0 Å². The third kappa shape index (κ3) is 3.15. The lowest BCUT2D eigenvalue weighted by Gasteiger charge is -2.30. The number of nitrogens with zero attached hydrogens (tertiary/aromatic N) is 3. The number of aryl methyl sites for hydroxylation is 1. The van der Waals surface area contributed by atoms with Crippen LogP contribution in [-0.4, -0.2) is 66.2 Å². The SMILES string of the molecule is Cc1cc(=O)c2ccccc2n1CC(=O)N1C[C@@H]2COC[C@H](C1)N(C)C2. The van der Waals surface area contributed by atoms with Crippen LogP contribution in [-0.2, 0) is 16.1 Å². The second-order valence-corrected chi connectivity index (χ2v) is 7.55. The first-order valence-electron chi connectivity index (χ1n) is 9.18. The second kappa shape index (κ2) is 6.85. The summed E-state index contributed by atoms with van der Waals surface area (Å²) in [6.45, 7) is 5.94. The molecule has 0 unspecified atom stereocenters. The quantitative estimate of drug-likeness (QED) is 0.810. The molecule has 138 valence electrons. The van der Waals surface area contributed by atoms with Crippen molar-refractivity contribution in [3.05, 3.63) is 46.2 Å². The molecule has 4 rings (SSSR count). The van der Waals surface area contributed by atoms with Crippen LogP contribution >= 0.6 is 0 Å². The molecule has 2 fully saturated rings. The number of amides is 1. The summed E-state index contributed by atoms with van der Waals surface area (Å²) in [5.41, 5.74) is 1.64. The number of rotatable bonds is 2. The average Bonchev–Trinajstić information content (AvgIpc) is 2.87. The second-order valence-electron chi connectivity index (χ2n) is 7.55. The van der Waals surface area contributed by atoms with Crippen LogP contribution in [0.25, 0.3) is 10.9 Å². The van der Waals surface area contributed by atoms with Gasteiger partial charge >= 0.3 is 0 Å². The summed E-state index contributed by atoms with van der Waals surface area (Å²) in [7, 11) is 2.11. The van der Waals surface area contributed by atoms with E-state index in [1.165, 1.54) is 0 Å². The fourth-order valence-corrected chi connectivity index (χ4v) is 4.15. The van der Waals surface area contributed by atoms with E-state index in [4.69, 9.17) is 4.74 Å². The van der Waals surface area contributed by atoms with Crippen molar-refractivity contribution in [2.24, 2.45) is 5.92 Å². The molecule has 0 saturated carbocycles. The van der Waals surface area contributed by atoms with Crippen LogP contribution < -0.4 is 5.43 Å². The fraction of sp³-hybridized carbons (Fsp3) is 0.500. The Kier molecular flexibility index (Phi) is 4.54. The van der Waals surface area contributed by atoms with Crippen LogP contribution in [0.4, 0.5) is 0 Å². The van der Waals surface area contributed by atoms with Crippen molar-refractivity contribution >= 4 is 16.8 Å². The first-order chi connectivity index (χ1) is 12.5. The lowest BCUT2D eigenvalue weighted by Crippen LogP contribution is -2.45. The van der Waals surface area contributed by atoms with Gasteiger partial charge in [0.15, 0.2) is 5.43 Å². The smallest absolute Gasteiger partial charge is 0.242 e. The number of carbonyl (C=O) groups excluding carboxylic acids is 1. The van der Waals surface area contributed by atoms with Crippen molar-refractivity contribution in [3.8, 4) is 0 Å². The van der Waals surface area contributed by atoms with Crippen LogP contribution in [0, 0.1) is 12.8 Å². The minimum Gasteiger partial charge on any atom is -0.379 e. The van der Waals surface area contributed by atoms with Gasteiger partial charge in [0.25, 0.3) is 0 Å². The summed E-state index contributed by atoms with van der Waals surface area (Å²) in [4.78, 5) is 29.6. The molecule has 3 heterocycles. The van der Waals surface area contributed by atoms with Gasteiger partial charge in [-0.2, -0.15) is 0 Å². The van der Waals surface area contributed by atoms with Crippen LogP contribution in [0.2, 0.25) is 0 Å². The Morgan fingerprint density at radius 2 is 2.00 bits per heavy atom. The zero-order valence-electron chi connectivity index (χ0n) is 15.4. The van der Waals surface area contributed by atoms with Gasteiger partial charge in [0.1, 0.15) is 6.54 Å². The molecular formula is C20H25N3O3. The molecule has 2 saturated heterocycles. The maximum atomic E-state index is 13.1. The van der Waals surface area contributed by atoms with E-state index < -0.39 is 0 Å². The highest BCUT2D eigenvalue weighted by atomic mass is 16.5. The number of carbonyl (C=O) groups is 1. The molecule has 2 atom stereocenters. The zero-order valence-corrected chi connectivity index (χ0v) is 15.4. The van der Waals surface area contributed by atoms with Crippen LogP contribution in [0.1, 0.15) is 5.69 Å². The minimum absolute atomic E-state index is 0.00452. The van der Waals surface area contributed by atoms with Crippen LogP contribution in [0.3, 0.4) is 0 Å². The largest absolute Gasteiger partial charge is 0.379 e. The van der Waals surface area contributed by atoms with Crippen LogP contribution in [0.15, 0.2) is 35.1 Å². The first kappa shape index (κ1) is 17.2. The van der Waals surface area contributed by atoms with Crippen molar-refractivity contribution in [2.75, 3.05) is 39.9 Å². The monoisotopic (exact) mass is 355 g/mol. The van der Waals surface area contributed by atoms with E-state index >= 15 is 0 Å². The van der Waals surface area contributed by atoms with Gasteiger partial charge in [-0.1, -0.05) is 12.1 Å². The van der Waals surface area contributed by atoms with Crippen molar-refractivity contribution in [2.45, 2.75) is 19.5 Å². The summed E-state index contributed by atoms with van der Waals surface area (Å²) >= 11 is 0. The first-order valence-corrected chi connectivity index (χ1v) is 9.18. The van der Waals surface area contributed by atoms with E-state index in [1.54, 1.807) is 6.07 Å². The van der Waals surface area contributed by atoms with E-state index in [-0.39, 0.29) is 23.9 Å². The molecule has 0 N–H and O–H groups in total. The predicted octanol–water partition coefficient (Wildman–Crippen LogP) is 1.10. The highest BCUT2D eigenvalue weighted by Gasteiger charge is 2.33. The molecule has 0 spiro atoms. The molecule has 2 aromatic rings. The van der Waals surface area contributed by atoms with E-state index in [0.29, 0.717) is 31.1 Å². The predicted molar refractivity (Wildman–Crippen MR) is 100 cm³/mol. The molecule has 1 aromatic carbocycles. The zero-order chi connectivity index (χ0) is 18.3. The topological polar surface area (TPSA) is 54.8 Å². The Morgan fingerprint density at radius 1 is 1.19 bits per heavy atom. The molecule has 2 aliphatic rings. The van der Waals surface area contributed by atoms with Crippen molar-refractivity contribution < 1.29 is 9.53 Å². The molecule has 6 heteroatoms. The van der Waals surface area contributed by atoms with E-state index in [9.17, 15) is 9.59 Å². The van der Waals surface area contributed by atoms with Gasteiger partial charge in [-0.05, 0) is 26.1 Å². The van der Waals surface area contributed by atoms with E-state index in [0.717, 1.165) is 24.3 Å². The number of pyridine rings is 1. The number of hydrogen-bond acceptors (Lipinski definition) is 4. The van der Waals surface area contributed by atoms with Gasteiger partial charge in [-0.25, -0.2) is 0 Å². The molecule has 1 aromatic heterocycles. The molecule has 0 aliphatic carbocycles. The van der Waals surface area contributed by atoms with Crippen molar-refractivity contribution in [1.82, 2.24) is 14.4 Å². The lowest BCUT2D eigenvalue weighted by atomic mass is 10.1. The number of aromatic nitrogens is 1. The summed E-state index contributed by atoms with van der Waals surface area (Å²) < 4.78 is 7.71. The number of ether oxygens (including phenoxy) is 1. The number of hydrogen-bond donors (Lipinski definition) is 0. The molecule has 26 heavy (non-hydrogen) atoms. The Labute approximate surface area is 153 Å². The Morgan fingerprint density at radius 3 is 2.85 bits per heavy atom. The Bertz CT molecular complexity index is 891. The third-order valence-electron chi connectivity index (χ3n) is 5.62. The number of fused-ring (bicyclic) bond motifs is 4. The maximum Gasteiger partial charge on any atom is 0.242 e. The molecule has 2 bridgehead atoms. The minimum atomic E-state index is 0.00452. The van der Waals surface area contributed by atoms with Crippen molar-refractivity contribution in [3.63, 3.8) is 0 Å². The van der Waals surface area contributed by atoms with E-state index in [2.05, 4.69) is 11.9 Å². The Hall–Kier alpha value is -2.18. The highest BCUT2D eigenvalue weighted by Crippen LogP contribution is 2.19. The van der Waals surface area contributed by atoms with Gasteiger partial charge in [0.2, 0.25) is 5.91 Å². The molecule has 0 radical (unpaired) electrons. The van der Waals surface area contributed by atoms with E-state index in [1.807, 2.05) is 40.7 Å². The Balaban J connectivity index is 1.63. The third-order valence-corrected chi connectivity index (χ3v) is 5.62. The lowest BCUT2D eigenvalue weighted by molar-refractivity contribution is -0.133. The van der Waals surface area contributed by atoms with Gasteiger partial charge in [0, 0.05) is 42.7 Å². The number of para-hydroxylation sites is 1. The summed E-state index contributed by atoms with van der Waals surface area (Å²) in [5, 5.41) is 0.659. The normalized spacial score (nSPS) is 23.8. The van der Waals surface area contributed by atoms with Gasteiger partial charge in [0.05, 0.1) is 24.8 Å². The molecule has 6 nitrogen and oxygen atoms in total.